The van der Waals surface area contributed by atoms with Gasteiger partial charge in [0.05, 0.1) is 5.84 Å². The zero-order chi connectivity index (χ0) is 13.7. The van der Waals surface area contributed by atoms with Crippen LogP contribution in [-0.4, -0.2) is 18.4 Å². The van der Waals surface area contributed by atoms with Gasteiger partial charge in [0.25, 0.3) is 0 Å². The summed E-state index contributed by atoms with van der Waals surface area (Å²) in [7, 11) is 0. The standard InChI is InChI=1S/C16H25N3/c1-13-6-5-9-15(12-13)19(11-10-16(17)18)14-7-3-2-4-8-14/h2-4,7-8,13,15H,5-6,9-12H2,1H3,(H3,17,18). The van der Waals surface area contributed by atoms with Gasteiger partial charge in [-0.05, 0) is 30.9 Å². The molecule has 1 aromatic carbocycles. The van der Waals surface area contributed by atoms with Crippen LogP contribution in [0.1, 0.15) is 39.0 Å². The van der Waals surface area contributed by atoms with Gasteiger partial charge in [-0.1, -0.05) is 38.0 Å². The van der Waals surface area contributed by atoms with Gasteiger partial charge in [0.2, 0.25) is 0 Å². The van der Waals surface area contributed by atoms with Crippen molar-refractivity contribution in [2.75, 3.05) is 11.4 Å². The van der Waals surface area contributed by atoms with Gasteiger partial charge in [0.15, 0.2) is 0 Å². The van der Waals surface area contributed by atoms with Gasteiger partial charge in [-0.2, -0.15) is 0 Å². The molecule has 0 bridgehead atoms. The molecule has 1 aromatic rings. The molecule has 1 fully saturated rings. The summed E-state index contributed by atoms with van der Waals surface area (Å²) in [6.45, 7) is 3.21. The molecular weight excluding hydrogens is 234 g/mol. The Bertz CT molecular complexity index is 402. The molecule has 0 heterocycles. The molecule has 2 atom stereocenters. The molecule has 0 radical (unpaired) electrons. The lowest BCUT2D eigenvalue weighted by molar-refractivity contribution is 0.330. The first-order valence-corrected chi connectivity index (χ1v) is 7.31. The average Bonchev–Trinajstić information content (AvgIpc) is 2.40. The van der Waals surface area contributed by atoms with Crippen molar-refractivity contribution in [2.45, 2.75) is 45.1 Å². The third-order valence-electron chi connectivity index (χ3n) is 4.06. The van der Waals surface area contributed by atoms with Crippen LogP contribution in [0.3, 0.4) is 0 Å². The fourth-order valence-corrected chi connectivity index (χ4v) is 3.07. The van der Waals surface area contributed by atoms with E-state index in [1.54, 1.807) is 0 Å². The third kappa shape index (κ3) is 3.98. The van der Waals surface area contributed by atoms with Crippen LogP contribution in [-0.2, 0) is 0 Å². The highest BCUT2D eigenvalue weighted by Crippen LogP contribution is 2.30. The minimum Gasteiger partial charge on any atom is -0.388 e. The summed E-state index contributed by atoms with van der Waals surface area (Å²) in [4.78, 5) is 2.46. The molecule has 1 saturated carbocycles. The van der Waals surface area contributed by atoms with E-state index in [-0.39, 0.29) is 5.84 Å². The van der Waals surface area contributed by atoms with Crippen LogP contribution >= 0.6 is 0 Å². The van der Waals surface area contributed by atoms with Gasteiger partial charge in [0, 0.05) is 24.7 Å². The Morgan fingerprint density at radius 2 is 2.05 bits per heavy atom. The van der Waals surface area contributed by atoms with Crippen molar-refractivity contribution >= 4 is 11.5 Å². The van der Waals surface area contributed by atoms with E-state index < -0.39 is 0 Å². The van der Waals surface area contributed by atoms with Crippen molar-refractivity contribution in [3.8, 4) is 0 Å². The quantitative estimate of drug-likeness (QED) is 0.629. The highest BCUT2D eigenvalue weighted by Gasteiger charge is 2.24. The van der Waals surface area contributed by atoms with Crippen LogP contribution in [0.2, 0.25) is 0 Å². The van der Waals surface area contributed by atoms with E-state index in [9.17, 15) is 0 Å². The normalized spacial score (nSPS) is 23.0. The highest BCUT2D eigenvalue weighted by atomic mass is 15.2. The van der Waals surface area contributed by atoms with Crippen LogP contribution < -0.4 is 10.6 Å². The maximum Gasteiger partial charge on any atom is 0.0923 e. The van der Waals surface area contributed by atoms with Gasteiger partial charge in [-0.15, -0.1) is 0 Å². The zero-order valence-corrected chi connectivity index (χ0v) is 11.8. The van der Waals surface area contributed by atoms with E-state index >= 15 is 0 Å². The number of rotatable bonds is 5. The number of para-hydroxylation sites is 1. The Kier molecular flexibility index (Phi) is 4.83. The second kappa shape index (κ2) is 6.60. The number of anilines is 1. The predicted molar refractivity (Wildman–Crippen MR) is 81.7 cm³/mol. The Morgan fingerprint density at radius 3 is 2.68 bits per heavy atom. The second-order valence-corrected chi connectivity index (χ2v) is 5.73. The lowest BCUT2D eigenvalue weighted by Gasteiger charge is -2.38. The van der Waals surface area contributed by atoms with Crippen molar-refractivity contribution in [3.63, 3.8) is 0 Å². The lowest BCUT2D eigenvalue weighted by Crippen LogP contribution is -2.40. The molecule has 19 heavy (non-hydrogen) atoms. The van der Waals surface area contributed by atoms with Crippen LogP contribution in [0, 0.1) is 11.3 Å². The minimum atomic E-state index is 0.282. The number of benzene rings is 1. The first-order chi connectivity index (χ1) is 9.16. The van der Waals surface area contributed by atoms with Crippen LogP contribution in [0.5, 0.6) is 0 Å². The SMILES string of the molecule is CC1CCCC(N(CCC(=N)N)c2ccccc2)C1. The van der Waals surface area contributed by atoms with E-state index in [1.807, 2.05) is 0 Å². The summed E-state index contributed by atoms with van der Waals surface area (Å²) in [6.07, 6.45) is 5.84. The van der Waals surface area contributed by atoms with Crippen molar-refractivity contribution in [2.24, 2.45) is 11.7 Å². The summed E-state index contributed by atoms with van der Waals surface area (Å²) in [5.74, 6) is 1.09. The maximum atomic E-state index is 7.45. The Hall–Kier alpha value is -1.51. The van der Waals surface area contributed by atoms with Gasteiger partial charge < -0.3 is 10.6 Å². The largest absolute Gasteiger partial charge is 0.388 e. The van der Waals surface area contributed by atoms with Crippen LogP contribution in [0.15, 0.2) is 30.3 Å². The fraction of sp³-hybridized carbons (Fsp3) is 0.562. The van der Waals surface area contributed by atoms with E-state index in [0.29, 0.717) is 12.5 Å². The monoisotopic (exact) mass is 259 g/mol. The molecule has 0 aromatic heterocycles. The van der Waals surface area contributed by atoms with Gasteiger partial charge in [0.1, 0.15) is 0 Å². The smallest absolute Gasteiger partial charge is 0.0923 e. The molecule has 104 valence electrons. The number of nitrogens with zero attached hydrogens (tertiary/aromatic N) is 1. The Balaban J connectivity index is 2.11. The number of nitrogens with one attached hydrogen (secondary N) is 1. The molecule has 2 unspecified atom stereocenters. The van der Waals surface area contributed by atoms with Gasteiger partial charge in [-0.25, -0.2) is 0 Å². The minimum absolute atomic E-state index is 0.282. The highest BCUT2D eigenvalue weighted by molar-refractivity contribution is 5.77. The lowest BCUT2D eigenvalue weighted by atomic mass is 9.86. The predicted octanol–water partition coefficient (Wildman–Crippen LogP) is 3.40. The molecule has 1 aliphatic rings. The summed E-state index contributed by atoms with van der Waals surface area (Å²) in [5, 5.41) is 7.45. The number of nitrogens with two attached hydrogens (primary N) is 1. The Morgan fingerprint density at radius 1 is 1.32 bits per heavy atom. The fourth-order valence-electron chi connectivity index (χ4n) is 3.07. The van der Waals surface area contributed by atoms with Crippen molar-refractivity contribution in [1.82, 2.24) is 0 Å². The molecule has 0 aliphatic heterocycles. The average molecular weight is 259 g/mol. The molecule has 0 amide bonds. The van der Waals surface area contributed by atoms with Crippen LogP contribution in [0.4, 0.5) is 5.69 Å². The van der Waals surface area contributed by atoms with Crippen LogP contribution in [0.25, 0.3) is 0 Å². The Labute approximate surface area is 116 Å². The van der Waals surface area contributed by atoms with Crippen molar-refractivity contribution < 1.29 is 0 Å². The first kappa shape index (κ1) is 13.9. The molecule has 3 nitrogen and oxygen atoms in total. The summed E-state index contributed by atoms with van der Waals surface area (Å²) in [5.41, 5.74) is 6.80. The molecule has 3 heteroatoms. The summed E-state index contributed by atoms with van der Waals surface area (Å²) in [6, 6.07) is 11.2. The van der Waals surface area contributed by atoms with E-state index in [4.69, 9.17) is 11.1 Å². The zero-order valence-electron chi connectivity index (χ0n) is 11.8. The first-order valence-electron chi connectivity index (χ1n) is 7.31. The maximum absolute atomic E-state index is 7.45. The molecule has 0 spiro atoms. The van der Waals surface area contributed by atoms with E-state index in [0.717, 1.165) is 12.5 Å². The summed E-state index contributed by atoms with van der Waals surface area (Å²) < 4.78 is 0. The summed E-state index contributed by atoms with van der Waals surface area (Å²) >= 11 is 0. The second-order valence-electron chi connectivity index (χ2n) is 5.73. The third-order valence-corrected chi connectivity index (χ3v) is 4.06. The molecule has 3 N–H and O–H groups in total. The van der Waals surface area contributed by atoms with Gasteiger partial charge in [-0.3, -0.25) is 5.41 Å². The molecule has 0 saturated heterocycles. The van der Waals surface area contributed by atoms with Gasteiger partial charge >= 0.3 is 0 Å². The molecular formula is C16H25N3. The van der Waals surface area contributed by atoms with E-state index in [1.165, 1.54) is 31.4 Å². The topological polar surface area (TPSA) is 53.1 Å². The van der Waals surface area contributed by atoms with E-state index in [2.05, 4.69) is 42.2 Å². The molecule has 2 rings (SSSR count). The molecule has 1 aliphatic carbocycles. The van der Waals surface area contributed by atoms with Crippen molar-refractivity contribution in [1.29, 1.82) is 5.41 Å². The number of hydrogen-bond acceptors (Lipinski definition) is 2. The number of amidine groups is 1. The van der Waals surface area contributed by atoms with Crippen molar-refractivity contribution in [3.05, 3.63) is 30.3 Å². The number of hydrogen-bond donors (Lipinski definition) is 2.